The van der Waals surface area contributed by atoms with E-state index in [2.05, 4.69) is 38.4 Å². The van der Waals surface area contributed by atoms with Crippen LogP contribution in [0.4, 0.5) is 5.82 Å². The lowest BCUT2D eigenvalue weighted by molar-refractivity contribution is 0.0941. The third-order valence-corrected chi connectivity index (χ3v) is 7.02. The SMILES string of the molecule is CC(NC(=O)c1c(N)nn2cccnc12)c1nc2scc(C#Cc3cnn(C)c3)c2cc1-c1ccccc1. The molecule has 1 unspecified atom stereocenters. The molecule has 0 aliphatic heterocycles. The summed E-state index contributed by atoms with van der Waals surface area (Å²) in [6.07, 6.45) is 6.92. The zero-order chi connectivity index (χ0) is 26.2. The van der Waals surface area contributed by atoms with Crippen molar-refractivity contribution in [3.63, 3.8) is 0 Å². The number of carbonyl (C=O) groups excluding carboxylic acids is 1. The van der Waals surface area contributed by atoms with Crippen molar-refractivity contribution in [3.8, 4) is 23.0 Å². The van der Waals surface area contributed by atoms with E-state index < -0.39 is 6.04 Å². The van der Waals surface area contributed by atoms with Gasteiger partial charge < -0.3 is 11.1 Å². The van der Waals surface area contributed by atoms with Gasteiger partial charge in [0, 0.05) is 47.5 Å². The van der Waals surface area contributed by atoms with Crippen molar-refractivity contribution in [1.82, 2.24) is 34.7 Å². The van der Waals surface area contributed by atoms with Gasteiger partial charge in [0.15, 0.2) is 11.5 Å². The Hall–Kier alpha value is -5.01. The lowest BCUT2D eigenvalue weighted by Crippen LogP contribution is -2.28. The summed E-state index contributed by atoms with van der Waals surface area (Å²) in [5.41, 5.74) is 11.1. The fourth-order valence-electron chi connectivity index (χ4n) is 4.33. The highest BCUT2D eigenvalue weighted by Gasteiger charge is 2.24. The second kappa shape index (κ2) is 9.46. The number of thiophene rings is 1. The Bertz CT molecular complexity index is 1870. The molecule has 38 heavy (non-hydrogen) atoms. The number of nitrogens with two attached hydrogens (primary N) is 1. The van der Waals surface area contributed by atoms with E-state index in [1.54, 1.807) is 29.3 Å². The molecule has 5 aromatic heterocycles. The number of pyridine rings is 1. The van der Waals surface area contributed by atoms with Crippen molar-refractivity contribution in [3.05, 3.63) is 95.0 Å². The number of hydrogen-bond acceptors (Lipinski definition) is 7. The minimum Gasteiger partial charge on any atom is -0.381 e. The minimum atomic E-state index is -0.424. The van der Waals surface area contributed by atoms with Crippen LogP contribution in [0.15, 0.2) is 72.6 Å². The molecule has 0 aliphatic rings. The average molecular weight is 519 g/mol. The average Bonchev–Trinajstić information content (AvgIpc) is 3.62. The molecule has 1 amide bonds. The normalized spacial score (nSPS) is 11.8. The Morgan fingerprint density at radius 3 is 2.82 bits per heavy atom. The van der Waals surface area contributed by atoms with Crippen LogP contribution in [0.2, 0.25) is 0 Å². The first-order valence-electron chi connectivity index (χ1n) is 11.9. The molecular formula is C28H22N8OS. The van der Waals surface area contributed by atoms with E-state index in [1.165, 1.54) is 15.9 Å². The molecule has 10 heteroatoms. The van der Waals surface area contributed by atoms with Crippen molar-refractivity contribution in [2.45, 2.75) is 13.0 Å². The molecule has 1 atom stereocenters. The number of nitrogens with one attached hydrogen (secondary N) is 1. The van der Waals surface area contributed by atoms with E-state index in [-0.39, 0.29) is 17.3 Å². The summed E-state index contributed by atoms with van der Waals surface area (Å²) in [5, 5.41) is 14.4. The van der Waals surface area contributed by atoms with Crippen molar-refractivity contribution < 1.29 is 4.79 Å². The highest BCUT2D eigenvalue weighted by molar-refractivity contribution is 7.17. The number of rotatable bonds is 4. The predicted molar refractivity (Wildman–Crippen MR) is 148 cm³/mol. The molecule has 0 fully saturated rings. The van der Waals surface area contributed by atoms with E-state index in [4.69, 9.17) is 10.7 Å². The quantitative estimate of drug-likeness (QED) is 0.338. The van der Waals surface area contributed by atoms with Gasteiger partial charge in [-0.25, -0.2) is 14.5 Å². The van der Waals surface area contributed by atoms with Gasteiger partial charge in [0.2, 0.25) is 0 Å². The highest BCUT2D eigenvalue weighted by Crippen LogP contribution is 2.34. The molecule has 6 rings (SSSR count). The van der Waals surface area contributed by atoms with Crippen molar-refractivity contribution >= 4 is 38.9 Å². The van der Waals surface area contributed by atoms with Crippen LogP contribution in [0.3, 0.4) is 0 Å². The Labute approximate surface area is 222 Å². The second-order valence-corrected chi connectivity index (χ2v) is 9.64. The molecule has 5 heterocycles. The fraction of sp³-hybridized carbons (Fsp3) is 0.107. The molecule has 0 bridgehead atoms. The molecule has 9 nitrogen and oxygen atoms in total. The third-order valence-electron chi connectivity index (χ3n) is 6.13. The summed E-state index contributed by atoms with van der Waals surface area (Å²) in [6.45, 7) is 1.91. The van der Waals surface area contributed by atoms with E-state index in [9.17, 15) is 4.79 Å². The van der Waals surface area contributed by atoms with Crippen LogP contribution in [0.1, 0.15) is 40.1 Å². The second-order valence-electron chi connectivity index (χ2n) is 8.79. The molecule has 0 saturated heterocycles. The molecule has 0 radical (unpaired) electrons. The standard InChI is InChI=1S/C28H22N8OS/c1-17(32-27(37)23-25(29)34-36-12-6-11-30-26(23)36)24-21(19-7-4-3-5-8-19)13-22-20(16-38-28(22)33-24)10-9-18-14-31-35(2)15-18/h3-8,11-17H,1-2H3,(H2,29,34)(H,32,37). The van der Waals surface area contributed by atoms with E-state index in [0.717, 1.165) is 38.2 Å². The van der Waals surface area contributed by atoms with Gasteiger partial charge in [-0.05, 0) is 24.6 Å². The van der Waals surface area contributed by atoms with Crippen LogP contribution in [0.5, 0.6) is 0 Å². The van der Waals surface area contributed by atoms with Crippen LogP contribution in [0.25, 0.3) is 27.0 Å². The molecule has 1 aromatic carbocycles. The molecular weight excluding hydrogens is 496 g/mol. The largest absolute Gasteiger partial charge is 0.381 e. The summed E-state index contributed by atoms with van der Waals surface area (Å²) in [4.78, 5) is 23.5. The van der Waals surface area contributed by atoms with Gasteiger partial charge in [0.25, 0.3) is 5.91 Å². The van der Waals surface area contributed by atoms with Gasteiger partial charge in [0.1, 0.15) is 10.4 Å². The summed E-state index contributed by atoms with van der Waals surface area (Å²) in [7, 11) is 1.86. The van der Waals surface area contributed by atoms with Gasteiger partial charge in [0.05, 0.1) is 23.5 Å². The van der Waals surface area contributed by atoms with Crippen molar-refractivity contribution in [2.24, 2.45) is 7.05 Å². The molecule has 0 spiro atoms. The smallest absolute Gasteiger partial charge is 0.259 e. The van der Waals surface area contributed by atoms with Crippen molar-refractivity contribution in [1.29, 1.82) is 0 Å². The molecule has 6 aromatic rings. The molecule has 3 N–H and O–H groups in total. The van der Waals surface area contributed by atoms with E-state index in [0.29, 0.717) is 5.65 Å². The fourth-order valence-corrected chi connectivity index (χ4v) is 5.19. The van der Waals surface area contributed by atoms with Gasteiger partial charge >= 0.3 is 0 Å². The number of nitrogens with zero attached hydrogens (tertiary/aromatic N) is 6. The number of hydrogen-bond donors (Lipinski definition) is 2. The number of aryl methyl sites for hydroxylation is 1. The Morgan fingerprint density at radius 2 is 2.03 bits per heavy atom. The zero-order valence-electron chi connectivity index (χ0n) is 20.6. The van der Waals surface area contributed by atoms with Crippen LogP contribution < -0.4 is 11.1 Å². The minimum absolute atomic E-state index is 0.121. The first-order valence-corrected chi connectivity index (χ1v) is 12.7. The van der Waals surface area contributed by atoms with Crippen molar-refractivity contribution in [2.75, 3.05) is 5.73 Å². The topological polar surface area (TPSA) is 116 Å². The van der Waals surface area contributed by atoms with Crippen LogP contribution in [0, 0.1) is 11.8 Å². The Morgan fingerprint density at radius 1 is 1.18 bits per heavy atom. The Balaban J connectivity index is 1.40. The summed E-state index contributed by atoms with van der Waals surface area (Å²) < 4.78 is 3.22. The lowest BCUT2D eigenvalue weighted by atomic mass is 9.98. The number of benzene rings is 1. The zero-order valence-corrected chi connectivity index (χ0v) is 21.4. The first-order chi connectivity index (χ1) is 18.5. The maximum absolute atomic E-state index is 13.3. The summed E-state index contributed by atoms with van der Waals surface area (Å²) in [6, 6.07) is 13.4. The van der Waals surface area contributed by atoms with Gasteiger partial charge in [-0.3, -0.25) is 9.48 Å². The predicted octanol–water partition coefficient (Wildman–Crippen LogP) is 4.21. The molecule has 0 aliphatic carbocycles. The van der Waals surface area contributed by atoms with Crippen LogP contribution in [-0.4, -0.2) is 35.3 Å². The summed E-state index contributed by atoms with van der Waals surface area (Å²) >= 11 is 1.52. The highest BCUT2D eigenvalue weighted by atomic mass is 32.1. The number of amides is 1. The monoisotopic (exact) mass is 518 g/mol. The van der Waals surface area contributed by atoms with Gasteiger partial charge in [-0.2, -0.15) is 5.10 Å². The number of nitrogen functional groups attached to an aromatic ring is 1. The molecule has 0 saturated carbocycles. The van der Waals surface area contributed by atoms with Crippen LogP contribution in [-0.2, 0) is 7.05 Å². The number of fused-ring (bicyclic) bond motifs is 2. The maximum Gasteiger partial charge on any atom is 0.259 e. The number of anilines is 1. The van der Waals surface area contributed by atoms with E-state index in [1.807, 2.05) is 55.9 Å². The van der Waals surface area contributed by atoms with Crippen LogP contribution >= 0.6 is 11.3 Å². The first kappa shape index (κ1) is 23.4. The molecule has 186 valence electrons. The Kier molecular flexibility index (Phi) is 5.82. The third kappa shape index (κ3) is 4.25. The number of carbonyl (C=O) groups is 1. The summed E-state index contributed by atoms with van der Waals surface area (Å²) in [5.74, 6) is 6.21. The lowest BCUT2D eigenvalue weighted by Gasteiger charge is -2.18. The van der Waals surface area contributed by atoms with E-state index >= 15 is 0 Å². The number of aromatic nitrogens is 6. The van der Waals surface area contributed by atoms with Gasteiger partial charge in [-0.15, -0.1) is 16.4 Å². The van der Waals surface area contributed by atoms with Gasteiger partial charge in [-0.1, -0.05) is 42.2 Å². The maximum atomic E-state index is 13.3.